The number of carbonyl (C=O) groups is 1. The van der Waals surface area contributed by atoms with Gasteiger partial charge in [-0.25, -0.2) is 4.98 Å². The van der Waals surface area contributed by atoms with Crippen molar-refractivity contribution in [1.82, 2.24) is 9.88 Å². The standard InChI is InChI=1S/C17H20ClN3OS.2ClH/c1-11-5-6-21(14(7-11)9-19)17(22)15-10-23-16(20-15)12-3-2-4-13(18)8-12;;/h2-4,8,10-11,14H,5-7,9,19H2,1H3;2*1H. The summed E-state index contributed by atoms with van der Waals surface area (Å²) in [5.41, 5.74) is 7.29. The summed E-state index contributed by atoms with van der Waals surface area (Å²) < 4.78 is 0. The molecule has 0 radical (unpaired) electrons. The Morgan fingerprint density at radius 3 is 2.88 bits per heavy atom. The van der Waals surface area contributed by atoms with Crippen LogP contribution < -0.4 is 5.73 Å². The van der Waals surface area contributed by atoms with Crippen LogP contribution >= 0.6 is 47.8 Å². The van der Waals surface area contributed by atoms with Crippen LogP contribution in [-0.2, 0) is 0 Å². The van der Waals surface area contributed by atoms with Crippen LogP contribution in [0.15, 0.2) is 29.6 Å². The van der Waals surface area contributed by atoms with Crippen molar-refractivity contribution in [2.24, 2.45) is 11.7 Å². The number of carbonyl (C=O) groups excluding carboxylic acids is 1. The van der Waals surface area contributed by atoms with E-state index >= 15 is 0 Å². The van der Waals surface area contributed by atoms with Gasteiger partial charge < -0.3 is 10.6 Å². The molecule has 1 saturated heterocycles. The quantitative estimate of drug-likeness (QED) is 0.792. The SMILES string of the molecule is CC1CCN(C(=O)c2csc(-c3cccc(Cl)c3)n2)C(CN)C1.Cl.Cl. The Morgan fingerprint density at radius 1 is 1.44 bits per heavy atom. The number of benzene rings is 1. The van der Waals surface area contributed by atoms with Crippen molar-refractivity contribution in [3.63, 3.8) is 0 Å². The van der Waals surface area contributed by atoms with Crippen molar-refractivity contribution in [3.8, 4) is 10.6 Å². The van der Waals surface area contributed by atoms with Gasteiger partial charge in [-0.3, -0.25) is 4.79 Å². The summed E-state index contributed by atoms with van der Waals surface area (Å²) in [4.78, 5) is 19.2. The molecule has 4 nitrogen and oxygen atoms in total. The molecule has 2 atom stereocenters. The van der Waals surface area contributed by atoms with Crippen molar-refractivity contribution in [3.05, 3.63) is 40.4 Å². The van der Waals surface area contributed by atoms with Gasteiger partial charge in [0.05, 0.1) is 0 Å². The second-order valence-electron chi connectivity index (χ2n) is 6.07. The van der Waals surface area contributed by atoms with Gasteiger partial charge in [-0.05, 0) is 30.9 Å². The van der Waals surface area contributed by atoms with Gasteiger partial charge in [0.1, 0.15) is 10.7 Å². The van der Waals surface area contributed by atoms with E-state index in [0.29, 0.717) is 23.2 Å². The Kier molecular flexibility index (Phi) is 8.64. The highest BCUT2D eigenvalue weighted by Crippen LogP contribution is 2.28. The predicted octanol–water partition coefficient (Wildman–Crippen LogP) is 4.51. The highest BCUT2D eigenvalue weighted by atomic mass is 35.5. The van der Waals surface area contributed by atoms with Gasteiger partial charge in [0.25, 0.3) is 5.91 Å². The van der Waals surface area contributed by atoms with Crippen LogP contribution in [-0.4, -0.2) is 34.9 Å². The molecule has 2 unspecified atom stereocenters. The predicted molar refractivity (Wildman–Crippen MR) is 109 cm³/mol. The average Bonchev–Trinajstić information content (AvgIpc) is 3.04. The number of likely N-dealkylation sites (tertiary alicyclic amines) is 1. The van der Waals surface area contributed by atoms with Crippen LogP contribution in [0.4, 0.5) is 0 Å². The fraction of sp³-hybridized carbons (Fsp3) is 0.412. The molecule has 138 valence electrons. The first-order chi connectivity index (χ1) is 11.1. The first kappa shape index (κ1) is 22.2. The average molecular weight is 423 g/mol. The third-order valence-corrected chi connectivity index (χ3v) is 5.43. The van der Waals surface area contributed by atoms with E-state index < -0.39 is 0 Å². The second-order valence-corrected chi connectivity index (χ2v) is 7.36. The summed E-state index contributed by atoms with van der Waals surface area (Å²) in [5.74, 6) is 0.599. The minimum atomic E-state index is -0.0168. The van der Waals surface area contributed by atoms with Crippen LogP contribution in [0.3, 0.4) is 0 Å². The number of nitrogens with zero attached hydrogens (tertiary/aromatic N) is 2. The third kappa shape index (κ3) is 5.08. The molecule has 8 heteroatoms. The molecule has 3 rings (SSSR count). The lowest BCUT2D eigenvalue weighted by molar-refractivity contribution is 0.0568. The molecule has 1 aliphatic heterocycles. The zero-order valence-electron chi connectivity index (χ0n) is 13.9. The summed E-state index contributed by atoms with van der Waals surface area (Å²) in [6, 6.07) is 7.63. The van der Waals surface area contributed by atoms with E-state index in [0.717, 1.165) is 30.0 Å². The van der Waals surface area contributed by atoms with E-state index in [1.165, 1.54) is 11.3 Å². The third-order valence-electron chi connectivity index (χ3n) is 4.31. The second kappa shape index (κ2) is 9.74. The summed E-state index contributed by atoms with van der Waals surface area (Å²) in [5, 5.41) is 3.30. The van der Waals surface area contributed by atoms with Crippen LogP contribution in [0.5, 0.6) is 0 Å². The van der Waals surface area contributed by atoms with Crippen molar-refractivity contribution in [2.75, 3.05) is 13.1 Å². The van der Waals surface area contributed by atoms with Crippen LogP contribution in [0.1, 0.15) is 30.3 Å². The molecular formula is C17H22Cl3N3OS. The molecule has 0 saturated carbocycles. The van der Waals surface area contributed by atoms with Gasteiger partial charge in [0.2, 0.25) is 0 Å². The number of amides is 1. The lowest BCUT2D eigenvalue weighted by Crippen LogP contribution is -2.49. The minimum Gasteiger partial charge on any atom is -0.333 e. The topological polar surface area (TPSA) is 59.2 Å². The zero-order chi connectivity index (χ0) is 16.4. The number of nitrogens with two attached hydrogens (primary N) is 1. The Hall–Kier alpha value is -0.850. The van der Waals surface area contributed by atoms with Crippen molar-refractivity contribution in [2.45, 2.75) is 25.8 Å². The number of hydrogen-bond acceptors (Lipinski definition) is 4. The molecule has 2 heterocycles. The number of hydrogen-bond donors (Lipinski definition) is 1. The maximum absolute atomic E-state index is 12.8. The number of aromatic nitrogens is 1. The van der Waals surface area contributed by atoms with Crippen LogP contribution in [0.2, 0.25) is 5.02 Å². The maximum Gasteiger partial charge on any atom is 0.273 e. The van der Waals surface area contributed by atoms with Gasteiger partial charge in [0, 0.05) is 35.1 Å². The lowest BCUT2D eigenvalue weighted by Gasteiger charge is -2.37. The van der Waals surface area contributed by atoms with Gasteiger partial charge in [-0.15, -0.1) is 36.2 Å². The normalized spacial score (nSPS) is 19.7. The molecule has 1 fully saturated rings. The smallest absolute Gasteiger partial charge is 0.273 e. The number of rotatable bonds is 3. The molecule has 0 aliphatic carbocycles. The van der Waals surface area contributed by atoms with E-state index in [4.69, 9.17) is 17.3 Å². The molecule has 0 bridgehead atoms. The molecule has 1 aromatic carbocycles. The maximum atomic E-state index is 12.8. The van der Waals surface area contributed by atoms with E-state index in [2.05, 4.69) is 11.9 Å². The van der Waals surface area contributed by atoms with E-state index in [-0.39, 0.29) is 36.8 Å². The highest BCUT2D eigenvalue weighted by molar-refractivity contribution is 7.13. The summed E-state index contributed by atoms with van der Waals surface area (Å²) in [6.45, 7) is 3.47. The largest absolute Gasteiger partial charge is 0.333 e. The highest BCUT2D eigenvalue weighted by Gasteiger charge is 2.30. The van der Waals surface area contributed by atoms with Crippen molar-refractivity contribution < 1.29 is 4.79 Å². The molecule has 2 N–H and O–H groups in total. The summed E-state index contributed by atoms with van der Waals surface area (Å²) >= 11 is 7.49. The fourth-order valence-electron chi connectivity index (χ4n) is 3.02. The minimum absolute atomic E-state index is 0. The molecule has 2 aromatic rings. The van der Waals surface area contributed by atoms with Crippen molar-refractivity contribution in [1.29, 1.82) is 0 Å². The molecule has 1 aliphatic rings. The molecule has 1 aromatic heterocycles. The van der Waals surface area contributed by atoms with E-state index in [1.807, 2.05) is 34.5 Å². The molecule has 1 amide bonds. The van der Waals surface area contributed by atoms with E-state index in [9.17, 15) is 4.79 Å². The van der Waals surface area contributed by atoms with Gasteiger partial charge in [-0.1, -0.05) is 30.7 Å². The van der Waals surface area contributed by atoms with Crippen LogP contribution in [0, 0.1) is 5.92 Å². The fourth-order valence-corrected chi connectivity index (χ4v) is 4.00. The number of piperidine rings is 1. The van der Waals surface area contributed by atoms with Gasteiger partial charge >= 0.3 is 0 Å². The Bertz CT molecular complexity index is 710. The monoisotopic (exact) mass is 421 g/mol. The Morgan fingerprint density at radius 2 is 2.20 bits per heavy atom. The number of thiazole rings is 1. The molecular weight excluding hydrogens is 401 g/mol. The van der Waals surface area contributed by atoms with Gasteiger partial charge in [0.15, 0.2) is 0 Å². The van der Waals surface area contributed by atoms with E-state index in [1.54, 1.807) is 0 Å². The van der Waals surface area contributed by atoms with Gasteiger partial charge in [-0.2, -0.15) is 0 Å². The van der Waals surface area contributed by atoms with Crippen molar-refractivity contribution >= 4 is 53.7 Å². The number of halogens is 3. The molecule has 25 heavy (non-hydrogen) atoms. The zero-order valence-corrected chi connectivity index (χ0v) is 17.1. The summed E-state index contributed by atoms with van der Waals surface area (Å²) in [7, 11) is 0. The first-order valence-corrected chi connectivity index (χ1v) is 9.06. The Balaban J connectivity index is 0.00000156. The summed E-state index contributed by atoms with van der Waals surface area (Å²) in [6.07, 6.45) is 1.99. The first-order valence-electron chi connectivity index (χ1n) is 7.81. The molecule has 0 spiro atoms. The lowest BCUT2D eigenvalue weighted by atomic mass is 9.92. The van der Waals surface area contributed by atoms with Crippen LogP contribution in [0.25, 0.3) is 10.6 Å². The Labute approximate surface area is 169 Å².